The van der Waals surface area contributed by atoms with E-state index < -0.39 is 0 Å². The Morgan fingerprint density at radius 2 is 1.64 bits per heavy atom. The zero-order chi connectivity index (χ0) is 8.48. The van der Waals surface area contributed by atoms with Crippen molar-refractivity contribution >= 4 is 7.12 Å². The van der Waals surface area contributed by atoms with E-state index in [4.69, 9.17) is 9.31 Å². The van der Waals surface area contributed by atoms with Crippen LogP contribution in [0.15, 0.2) is 0 Å². The van der Waals surface area contributed by atoms with Gasteiger partial charge < -0.3 is 9.31 Å². The Kier molecular flexibility index (Phi) is 2.60. The van der Waals surface area contributed by atoms with Crippen molar-refractivity contribution in [3.8, 4) is 0 Å². The molecule has 1 heterocycles. The Hall–Kier alpha value is -0.0151. The summed E-state index contributed by atoms with van der Waals surface area (Å²) in [5.74, 6) is 0.464. The summed E-state index contributed by atoms with van der Waals surface area (Å²) >= 11 is 0. The number of rotatable bonds is 1. The first-order valence-electron chi connectivity index (χ1n) is 4.24. The van der Waals surface area contributed by atoms with Gasteiger partial charge in [-0.3, -0.25) is 0 Å². The summed E-state index contributed by atoms with van der Waals surface area (Å²) < 4.78 is 11.1. The zero-order valence-corrected chi connectivity index (χ0v) is 7.89. The van der Waals surface area contributed by atoms with Crippen LogP contribution < -0.4 is 0 Å². The quantitative estimate of drug-likeness (QED) is 0.540. The predicted molar refractivity (Wildman–Crippen MR) is 46.5 cm³/mol. The van der Waals surface area contributed by atoms with Crippen molar-refractivity contribution < 1.29 is 9.31 Å². The molecule has 0 aromatic carbocycles. The van der Waals surface area contributed by atoms with Crippen LogP contribution in [0.25, 0.3) is 0 Å². The molecule has 0 atom stereocenters. The molecule has 0 aliphatic carbocycles. The molecule has 0 bridgehead atoms. The molecule has 2 nitrogen and oxygen atoms in total. The summed E-state index contributed by atoms with van der Waals surface area (Å²) in [6.45, 7) is 10.2. The molecule has 11 heavy (non-hydrogen) atoms. The van der Waals surface area contributed by atoms with E-state index in [1.165, 1.54) is 0 Å². The number of hydrogen-bond acceptors (Lipinski definition) is 2. The zero-order valence-electron chi connectivity index (χ0n) is 7.89. The molecule has 1 rings (SSSR count). The van der Waals surface area contributed by atoms with Gasteiger partial charge in [0.15, 0.2) is 0 Å². The lowest BCUT2D eigenvalue weighted by molar-refractivity contribution is 0.0253. The monoisotopic (exact) mass is 156 g/mol. The van der Waals surface area contributed by atoms with Gasteiger partial charge in [-0.1, -0.05) is 27.7 Å². The molecule has 1 saturated heterocycles. The van der Waals surface area contributed by atoms with Crippen LogP contribution in [-0.2, 0) is 9.31 Å². The Morgan fingerprint density at radius 3 is 2.00 bits per heavy atom. The minimum absolute atomic E-state index is 0.0167. The summed E-state index contributed by atoms with van der Waals surface area (Å²) in [6.07, 6.45) is 0. The fourth-order valence-electron chi connectivity index (χ4n) is 1.09. The molecule has 0 radical (unpaired) electrons. The van der Waals surface area contributed by atoms with E-state index >= 15 is 0 Å². The van der Waals surface area contributed by atoms with Crippen molar-refractivity contribution in [1.29, 1.82) is 0 Å². The summed E-state index contributed by atoms with van der Waals surface area (Å²) in [7, 11) is 0.0167. The standard InChI is InChI=1S/C8H17BO2/c1-7(2)9-10-5-8(3,4)6-11-9/h7H,5-6H2,1-4H3. The Balaban J connectivity index is 2.36. The maximum absolute atomic E-state index is 5.53. The average Bonchev–Trinajstić information content (AvgIpc) is 1.86. The third-order valence-corrected chi connectivity index (χ3v) is 1.82. The van der Waals surface area contributed by atoms with Crippen LogP contribution in [0.5, 0.6) is 0 Å². The van der Waals surface area contributed by atoms with E-state index in [2.05, 4.69) is 27.7 Å². The Morgan fingerprint density at radius 1 is 1.18 bits per heavy atom. The molecule has 0 N–H and O–H groups in total. The highest BCUT2D eigenvalue weighted by Gasteiger charge is 2.33. The maximum Gasteiger partial charge on any atom is 0.459 e. The van der Waals surface area contributed by atoms with Crippen LogP contribution in [0.4, 0.5) is 0 Å². The fourth-order valence-corrected chi connectivity index (χ4v) is 1.09. The Labute approximate surface area is 69.4 Å². The average molecular weight is 156 g/mol. The fraction of sp³-hybridized carbons (Fsp3) is 1.00. The van der Waals surface area contributed by atoms with Gasteiger partial charge in [-0.05, 0) is 5.82 Å². The van der Waals surface area contributed by atoms with Gasteiger partial charge in [0.1, 0.15) is 0 Å². The minimum Gasteiger partial charge on any atom is -0.410 e. The van der Waals surface area contributed by atoms with Crippen molar-refractivity contribution in [2.75, 3.05) is 13.2 Å². The van der Waals surface area contributed by atoms with Crippen molar-refractivity contribution in [1.82, 2.24) is 0 Å². The van der Waals surface area contributed by atoms with Gasteiger partial charge >= 0.3 is 7.12 Å². The molecular weight excluding hydrogens is 139 g/mol. The normalized spacial score (nSPS) is 24.3. The lowest BCUT2D eigenvalue weighted by atomic mass is 9.72. The highest BCUT2D eigenvalue weighted by atomic mass is 16.6. The molecule has 0 amide bonds. The molecular formula is C8H17BO2. The molecule has 0 aromatic heterocycles. The maximum atomic E-state index is 5.53. The minimum atomic E-state index is 0.0167. The second kappa shape index (κ2) is 3.15. The van der Waals surface area contributed by atoms with E-state index in [-0.39, 0.29) is 12.5 Å². The van der Waals surface area contributed by atoms with Crippen LogP contribution in [-0.4, -0.2) is 20.3 Å². The summed E-state index contributed by atoms with van der Waals surface area (Å²) in [5, 5.41) is 0. The smallest absolute Gasteiger partial charge is 0.410 e. The van der Waals surface area contributed by atoms with E-state index in [1.807, 2.05) is 0 Å². The highest BCUT2D eigenvalue weighted by Crippen LogP contribution is 2.25. The van der Waals surface area contributed by atoms with Gasteiger partial charge in [-0.2, -0.15) is 0 Å². The predicted octanol–water partition coefficient (Wildman–Crippen LogP) is 1.96. The van der Waals surface area contributed by atoms with E-state index in [0.717, 1.165) is 13.2 Å². The third kappa shape index (κ3) is 2.49. The summed E-state index contributed by atoms with van der Waals surface area (Å²) in [4.78, 5) is 0. The van der Waals surface area contributed by atoms with Crippen LogP contribution >= 0.6 is 0 Å². The molecule has 3 heteroatoms. The molecule has 0 spiro atoms. The first-order valence-corrected chi connectivity index (χ1v) is 4.24. The van der Waals surface area contributed by atoms with Crippen molar-refractivity contribution in [3.63, 3.8) is 0 Å². The van der Waals surface area contributed by atoms with E-state index in [1.54, 1.807) is 0 Å². The van der Waals surface area contributed by atoms with Gasteiger partial charge in [0.2, 0.25) is 0 Å². The third-order valence-electron chi connectivity index (χ3n) is 1.82. The van der Waals surface area contributed by atoms with Crippen LogP contribution in [0, 0.1) is 5.41 Å². The molecule has 1 fully saturated rings. The van der Waals surface area contributed by atoms with Crippen molar-refractivity contribution in [3.05, 3.63) is 0 Å². The highest BCUT2D eigenvalue weighted by molar-refractivity contribution is 6.46. The summed E-state index contributed by atoms with van der Waals surface area (Å²) in [5.41, 5.74) is 0.200. The van der Waals surface area contributed by atoms with Gasteiger partial charge in [-0.25, -0.2) is 0 Å². The molecule has 0 saturated carbocycles. The molecule has 64 valence electrons. The van der Waals surface area contributed by atoms with E-state index in [9.17, 15) is 0 Å². The first-order chi connectivity index (χ1) is 5.01. The second-order valence-electron chi connectivity index (χ2n) is 4.40. The van der Waals surface area contributed by atoms with Gasteiger partial charge in [0.25, 0.3) is 0 Å². The molecule has 1 aliphatic heterocycles. The van der Waals surface area contributed by atoms with Crippen molar-refractivity contribution in [2.24, 2.45) is 5.41 Å². The number of hydrogen-bond donors (Lipinski definition) is 0. The van der Waals surface area contributed by atoms with Gasteiger partial charge in [0.05, 0.1) is 0 Å². The van der Waals surface area contributed by atoms with Gasteiger partial charge in [0, 0.05) is 18.6 Å². The van der Waals surface area contributed by atoms with Crippen molar-refractivity contribution in [2.45, 2.75) is 33.5 Å². The Bertz CT molecular complexity index is 124. The first kappa shape index (κ1) is 9.08. The molecule has 0 aromatic rings. The topological polar surface area (TPSA) is 18.5 Å². The van der Waals surface area contributed by atoms with Crippen LogP contribution in [0.2, 0.25) is 5.82 Å². The van der Waals surface area contributed by atoms with Gasteiger partial charge in [-0.15, -0.1) is 0 Å². The second-order valence-corrected chi connectivity index (χ2v) is 4.40. The van der Waals surface area contributed by atoms with Crippen LogP contribution in [0.1, 0.15) is 27.7 Å². The lowest BCUT2D eigenvalue weighted by Crippen LogP contribution is -2.41. The lowest BCUT2D eigenvalue weighted by Gasteiger charge is -2.34. The summed E-state index contributed by atoms with van der Waals surface area (Å²) in [6, 6.07) is 0. The van der Waals surface area contributed by atoms with Crippen LogP contribution in [0.3, 0.4) is 0 Å². The molecule has 0 unspecified atom stereocenters. The SMILES string of the molecule is CC(C)B1OCC(C)(C)CO1. The molecule has 1 aliphatic rings. The largest absolute Gasteiger partial charge is 0.459 e. The van der Waals surface area contributed by atoms with E-state index in [0.29, 0.717) is 5.82 Å².